The summed E-state index contributed by atoms with van der Waals surface area (Å²) < 4.78 is 18.5. The standard InChI is InChI=1S/C17H15FN2O3S/c18-12-3-1-2-4-14(12)23-9-16(21)19-8-11-5-6-15-13(7-11)20-17(22)10-24-15/h1-7H,8-10H2,(H,19,21)(H,20,22). The molecule has 124 valence electrons. The van der Waals surface area contributed by atoms with E-state index in [2.05, 4.69) is 10.6 Å². The molecule has 0 spiro atoms. The molecule has 0 atom stereocenters. The largest absolute Gasteiger partial charge is 0.481 e. The van der Waals surface area contributed by atoms with Crippen molar-refractivity contribution < 1.29 is 18.7 Å². The summed E-state index contributed by atoms with van der Waals surface area (Å²) in [5.74, 6) is -0.438. The highest BCUT2D eigenvalue weighted by molar-refractivity contribution is 8.00. The SMILES string of the molecule is O=C(COc1ccccc1F)NCc1ccc2c(c1)NC(=O)CS2. The molecular weight excluding hydrogens is 331 g/mol. The molecule has 0 aromatic heterocycles. The van der Waals surface area contributed by atoms with Crippen LogP contribution in [0.3, 0.4) is 0 Å². The predicted octanol–water partition coefficient (Wildman–Crippen LogP) is 2.57. The van der Waals surface area contributed by atoms with Crippen molar-refractivity contribution in [1.82, 2.24) is 5.32 Å². The minimum atomic E-state index is -0.506. The van der Waals surface area contributed by atoms with E-state index >= 15 is 0 Å². The minimum Gasteiger partial charge on any atom is -0.481 e. The minimum absolute atomic E-state index is 0.0352. The van der Waals surface area contributed by atoms with E-state index in [1.807, 2.05) is 18.2 Å². The summed E-state index contributed by atoms with van der Waals surface area (Å²) >= 11 is 1.48. The first kappa shape index (κ1) is 16.3. The highest BCUT2D eigenvalue weighted by Gasteiger charge is 2.15. The lowest BCUT2D eigenvalue weighted by Crippen LogP contribution is -2.28. The molecule has 2 amide bonds. The van der Waals surface area contributed by atoms with Crippen LogP contribution in [0.4, 0.5) is 10.1 Å². The molecule has 0 fully saturated rings. The lowest BCUT2D eigenvalue weighted by Gasteiger charge is -2.17. The smallest absolute Gasteiger partial charge is 0.258 e. The lowest BCUT2D eigenvalue weighted by atomic mass is 10.2. The van der Waals surface area contributed by atoms with Gasteiger partial charge in [-0.15, -0.1) is 11.8 Å². The summed E-state index contributed by atoms with van der Waals surface area (Å²) in [4.78, 5) is 24.2. The highest BCUT2D eigenvalue weighted by atomic mass is 32.2. The van der Waals surface area contributed by atoms with Gasteiger partial charge >= 0.3 is 0 Å². The van der Waals surface area contributed by atoms with Crippen LogP contribution in [0.1, 0.15) is 5.56 Å². The summed E-state index contributed by atoms with van der Waals surface area (Å²) in [6.07, 6.45) is 0. The molecule has 7 heteroatoms. The number of nitrogens with one attached hydrogen (secondary N) is 2. The summed E-state index contributed by atoms with van der Waals surface area (Å²) in [5.41, 5.74) is 1.61. The van der Waals surface area contributed by atoms with Crippen LogP contribution in [0.15, 0.2) is 47.4 Å². The Bertz CT molecular complexity index is 782. The molecule has 1 aliphatic rings. The number of halogens is 1. The molecule has 1 aliphatic heterocycles. The number of amides is 2. The number of anilines is 1. The van der Waals surface area contributed by atoms with E-state index in [9.17, 15) is 14.0 Å². The van der Waals surface area contributed by atoms with Gasteiger partial charge < -0.3 is 15.4 Å². The number of benzene rings is 2. The Hall–Kier alpha value is -2.54. The third-order valence-electron chi connectivity index (χ3n) is 3.36. The van der Waals surface area contributed by atoms with Crippen LogP contribution in [-0.4, -0.2) is 24.2 Å². The van der Waals surface area contributed by atoms with Gasteiger partial charge in [0.2, 0.25) is 5.91 Å². The number of fused-ring (bicyclic) bond motifs is 1. The third kappa shape index (κ3) is 4.05. The second-order valence-corrected chi connectivity index (χ2v) is 6.18. The molecule has 0 unspecified atom stereocenters. The Morgan fingerprint density at radius 1 is 1.29 bits per heavy atom. The molecular formula is C17H15FN2O3S. The molecule has 5 nitrogen and oxygen atoms in total. The van der Waals surface area contributed by atoms with Crippen molar-refractivity contribution in [2.24, 2.45) is 0 Å². The molecule has 3 rings (SSSR count). The van der Waals surface area contributed by atoms with Gasteiger partial charge in [-0.05, 0) is 29.8 Å². The summed E-state index contributed by atoms with van der Waals surface area (Å²) in [7, 11) is 0. The van der Waals surface area contributed by atoms with Crippen LogP contribution >= 0.6 is 11.8 Å². The topological polar surface area (TPSA) is 67.4 Å². The summed E-state index contributed by atoms with van der Waals surface area (Å²) in [5, 5.41) is 5.50. The molecule has 2 aromatic rings. The third-order valence-corrected chi connectivity index (χ3v) is 4.44. The van der Waals surface area contributed by atoms with E-state index in [0.717, 1.165) is 16.1 Å². The molecule has 0 aliphatic carbocycles. The maximum Gasteiger partial charge on any atom is 0.258 e. The normalized spacial score (nSPS) is 13.0. The van der Waals surface area contributed by atoms with E-state index < -0.39 is 5.82 Å². The molecule has 0 saturated heterocycles. The fourth-order valence-electron chi connectivity index (χ4n) is 2.20. The number of ether oxygens (including phenoxy) is 1. The average Bonchev–Trinajstić information content (AvgIpc) is 2.59. The van der Waals surface area contributed by atoms with Gasteiger partial charge in [0, 0.05) is 11.4 Å². The van der Waals surface area contributed by atoms with Gasteiger partial charge in [-0.25, -0.2) is 4.39 Å². The second-order valence-electron chi connectivity index (χ2n) is 5.16. The van der Waals surface area contributed by atoms with E-state index in [0.29, 0.717) is 12.3 Å². The molecule has 2 aromatic carbocycles. The first-order valence-electron chi connectivity index (χ1n) is 7.31. The highest BCUT2D eigenvalue weighted by Crippen LogP contribution is 2.31. The van der Waals surface area contributed by atoms with Crippen molar-refractivity contribution in [2.45, 2.75) is 11.4 Å². The maximum atomic E-state index is 13.4. The van der Waals surface area contributed by atoms with Gasteiger partial charge in [0.15, 0.2) is 18.2 Å². The summed E-state index contributed by atoms with van der Waals surface area (Å²) in [6.45, 7) is 0.0335. The lowest BCUT2D eigenvalue weighted by molar-refractivity contribution is -0.123. The zero-order chi connectivity index (χ0) is 16.9. The monoisotopic (exact) mass is 346 g/mol. The molecule has 0 radical (unpaired) electrons. The zero-order valence-electron chi connectivity index (χ0n) is 12.7. The number of para-hydroxylation sites is 1. The van der Waals surface area contributed by atoms with Gasteiger partial charge in [0.25, 0.3) is 5.91 Å². The number of rotatable bonds is 5. The van der Waals surface area contributed by atoms with Crippen molar-refractivity contribution in [3.8, 4) is 5.75 Å². The zero-order valence-corrected chi connectivity index (χ0v) is 13.5. The van der Waals surface area contributed by atoms with Gasteiger partial charge in [-0.3, -0.25) is 9.59 Å². The predicted molar refractivity (Wildman–Crippen MR) is 89.5 cm³/mol. The van der Waals surface area contributed by atoms with Crippen LogP contribution in [0, 0.1) is 5.82 Å². The molecule has 2 N–H and O–H groups in total. The van der Waals surface area contributed by atoms with Gasteiger partial charge in [0.05, 0.1) is 11.4 Å². The van der Waals surface area contributed by atoms with E-state index in [-0.39, 0.29) is 24.2 Å². The van der Waals surface area contributed by atoms with Crippen molar-refractivity contribution >= 4 is 29.3 Å². The van der Waals surface area contributed by atoms with E-state index in [1.165, 1.54) is 23.9 Å². The van der Waals surface area contributed by atoms with Gasteiger partial charge in [-0.1, -0.05) is 18.2 Å². The number of hydrogen-bond acceptors (Lipinski definition) is 4. The Balaban J connectivity index is 1.52. The molecule has 0 bridgehead atoms. The van der Waals surface area contributed by atoms with Gasteiger partial charge in [-0.2, -0.15) is 0 Å². The number of hydrogen-bond donors (Lipinski definition) is 2. The Labute approximate surface area is 142 Å². The Morgan fingerprint density at radius 3 is 2.96 bits per heavy atom. The number of thioether (sulfide) groups is 1. The Kier molecular flexibility index (Phi) is 5.00. The van der Waals surface area contributed by atoms with Crippen molar-refractivity contribution in [2.75, 3.05) is 17.7 Å². The van der Waals surface area contributed by atoms with Crippen molar-refractivity contribution in [3.05, 3.63) is 53.8 Å². The van der Waals surface area contributed by atoms with Crippen LogP contribution in [0.5, 0.6) is 5.75 Å². The Morgan fingerprint density at radius 2 is 2.12 bits per heavy atom. The second kappa shape index (κ2) is 7.35. The van der Waals surface area contributed by atoms with E-state index in [4.69, 9.17) is 4.74 Å². The van der Waals surface area contributed by atoms with Crippen molar-refractivity contribution in [3.63, 3.8) is 0 Å². The fraction of sp³-hybridized carbons (Fsp3) is 0.176. The number of carbonyl (C=O) groups excluding carboxylic acids is 2. The molecule has 0 saturated carbocycles. The van der Waals surface area contributed by atoms with Crippen LogP contribution < -0.4 is 15.4 Å². The maximum absolute atomic E-state index is 13.4. The summed E-state index contributed by atoms with van der Waals surface area (Å²) in [6, 6.07) is 11.6. The van der Waals surface area contributed by atoms with E-state index in [1.54, 1.807) is 12.1 Å². The quantitative estimate of drug-likeness (QED) is 0.873. The first-order valence-corrected chi connectivity index (χ1v) is 8.30. The first-order chi connectivity index (χ1) is 11.6. The molecule has 24 heavy (non-hydrogen) atoms. The van der Waals surface area contributed by atoms with Crippen LogP contribution in [0.2, 0.25) is 0 Å². The fourth-order valence-corrected chi connectivity index (χ4v) is 2.99. The average molecular weight is 346 g/mol. The number of carbonyl (C=O) groups is 2. The van der Waals surface area contributed by atoms with Crippen LogP contribution in [-0.2, 0) is 16.1 Å². The van der Waals surface area contributed by atoms with Gasteiger partial charge in [0.1, 0.15) is 0 Å². The van der Waals surface area contributed by atoms with Crippen molar-refractivity contribution in [1.29, 1.82) is 0 Å². The van der Waals surface area contributed by atoms with Crippen LogP contribution in [0.25, 0.3) is 0 Å². The molecule has 1 heterocycles.